The molecule has 0 saturated carbocycles. The van der Waals surface area contributed by atoms with Gasteiger partial charge in [-0.15, -0.1) is 0 Å². The average Bonchev–Trinajstić information content (AvgIpc) is 3.29. The van der Waals surface area contributed by atoms with Crippen molar-refractivity contribution in [3.63, 3.8) is 0 Å². The molecule has 0 fully saturated rings. The van der Waals surface area contributed by atoms with Gasteiger partial charge in [0.1, 0.15) is 5.69 Å². The first-order valence-electron chi connectivity index (χ1n) is 8.80. The summed E-state index contributed by atoms with van der Waals surface area (Å²) in [5.74, 6) is 0.598. The van der Waals surface area contributed by atoms with E-state index in [1.165, 1.54) is 16.8 Å². The van der Waals surface area contributed by atoms with Crippen LogP contribution in [-0.4, -0.2) is 26.9 Å². The molecular formula is C21H18N4O. The Hall–Kier alpha value is -3.21. The summed E-state index contributed by atoms with van der Waals surface area (Å²) in [5.41, 5.74) is 6.35. The lowest BCUT2D eigenvalue weighted by molar-refractivity contribution is 0.398. The van der Waals surface area contributed by atoms with Gasteiger partial charge >= 0.3 is 0 Å². The first-order chi connectivity index (χ1) is 12.8. The summed E-state index contributed by atoms with van der Waals surface area (Å²) in [6.45, 7) is 0.954. The minimum atomic E-state index is 0.598. The van der Waals surface area contributed by atoms with Crippen LogP contribution in [0, 0.1) is 0 Å². The van der Waals surface area contributed by atoms with Gasteiger partial charge in [0, 0.05) is 35.5 Å². The van der Waals surface area contributed by atoms with E-state index in [2.05, 4.69) is 32.8 Å². The molecule has 1 aliphatic rings. The van der Waals surface area contributed by atoms with E-state index in [4.69, 9.17) is 9.84 Å². The Morgan fingerprint density at radius 2 is 1.96 bits per heavy atom. The van der Waals surface area contributed by atoms with Crippen molar-refractivity contribution < 1.29 is 4.74 Å². The van der Waals surface area contributed by atoms with Crippen molar-refractivity contribution in [2.24, 2.45) is 0 Å². The maximum atomic E-state index is 5.31. The van der Waals surface area contributed by atoms with E-state index in [1.807, 2.05) is 36.5 Å². The Labute approximate surface area is 151 Å². The first kappa shape index (κ1) is 15.1. The molecule has 0 bridgehead atoms. The Bertz CT molecular complexity index is 1110. The lowest BCUT2D eigenvalue weighted by Gasteiger charge is -2.09. The number of ether oxygens (including phenoxy) is 1. The second kappa shape index (κ2) is 5.95. The summed E-state index contributed by atoms with van der Waals surface area (Å²) in [6, 6.07) is 16.1. The van der Waals surface area contributed by atoms with E-state index >= 15 is 0 Å². The van der Waals surface area contributed by atoms with E-state index in [-0.39, 0.29) is 0 Å². The highest BCUT2D eigenvalue weighted by molar-refractivity contribution is 5.98. The summed E-state index contributed by atoms with van der Waals surface area (Å²) in [5, 5.41) is 6.04. The summed E-state index contributed by atoms with van der Waals surface area (Å²) in [7, 11) is 1.64. The van der Waals surface area contributed by atoms with E-state index in [1.54, 1.807) is 7.11 Å². The third-order valence-corrected chi connectivity index (χ3v) is 4.93. The molecule has 4 heterocycles. The number of nitrogens with zero attached hydrogens (tertiary/aromatic N) is 4. The van der Waals surface area contributed by atoms with Crippen molar-refractivity contribution in [1.82, 2.24) is 19.7 Å². The van der Waals surface area contributed by atoms with Crippen LogP contribution in [0.5, 0.6) is 5.88 Å². The van der Waals surface area contributed by atoms with Crippen molar-refractivity contribution in [3.8, 4) is 28.4 Å². The van der Waals surface area contributed by atoms with Crippen LogP contribution in [-0.2, 0) is 13.0 Å². The van der Waals surface area contributed by atoms with Crippen LogP contribution in [0.15, 0.2) is 54.7 Å². The lowest BCUT2D eigenvalue weighted by atomic mass is 9.97. The maximum Gasteiger partial charge on any atom is 0.213 e. The van der Waals surface area contributed by atoms with E-state index in [0.29, 0.717) is 5.88 Å². The topological polar surface area (TPSA) is 52.8 Å². The monoisotopic (exact) mass is 342 g/mol. The van der Waals surface area contributed by atoms with Crippen LogP contribution in [0.4, 0.5) is 0 Å². The van der Waals surface area contributed by atoms with E-state index in [0.717, 1.165) is 41.7 Å². The fourth-order valence-electron chi connectivity index (χ4n) is 3.77. The normalized spacial score (nSPS) is 13.1. The van der Waals surface area contributed by atoms with Crippen molar-refractivity contribution in [3.05, 3.63) is 60.4 Å². The Balaban J connectivity index is 1.81. The average molecular weight is 342 g/mol. The molecule has 0 radical (unpaired) electrons. The second-order valence-electron chi connectivity index (χ2n) is 6.44. The molecule has 128 valence electrons. The van der Waals surface area contributed by atoms with Crippen LogP contribution < -0.4 is 4.74 Å². The third kappa shape index (κ3) is 2.28. The number of pyridine rings is 2. The van der Waals surface area contributed by atoms with Gasteiger partial charge in [-0.3, -0.25) is 9.67 Å². The highest BCUT2D eigenvalue weighted by atomic mass is 16.5. The minimum Gasteiger partial charge on any atom is -0.481 e. The third-order valence-electron chi connectivity index (χ3n) is 4.93. The van der Waals surface area contributed by atoms with Crippen molar-refractivity contribution >= 4 is 10.9 Å². The number of aromatic nitrogens is 4. The number of benzene rings is 1. The second-order valence-corrected chi connectivity index (χ2v) is 6.44. The molecular weight excluding hydrogens is 324 g/mol. The predicted octanol–water partition coefficient (Wildman–Crippen LogP) is 4.12. The van der Waals surface area contributed by atoms with Gasteiger partial charge in [0.2, 0.25) is 5.88 Å². The summed E-state index contributed by atoms with van der Waals surface area (Å²) < 4.78 is 7.44. The van der Waals surface area contributed by atoms with Crippen molar-refractivity contribution in [1.29, 1.82) is 0 Å². The van der Waals surface area contributed by atoms with Gasteiger partial charge in [0.25, 0.3) is 0 Å². The summed E-state index contributed by atoms with van der Waals surface area (Å²) >= 11 is 0. The molecule has 5 rings (SSSR count). The first-order valence-corrected chi connectivity index (χ1v) is 8.80. The molecule has 4 aromatic rings. The molecule has 0 spiro atoms. The number of para-hydroxylation sites is 1. The standard InChI is InChI=1S/C21H18N4O/c1-26-19-10-4-8-17(23-19)21-20(18-9-5-13-25(18)24-21)15-11-12-22-16-7-3-2-6-14(15)16/h2-4,6-8,10-12H,5,9,13H2,1H3. The van der Waals surface area contributed by atoms with Gasteiger partial charge in [-0.1, -0.05) is 24.3 Å². The number of rotatable bonds is 3. The Morgan fingerprint density at radius 3 is 2.88 bits per heavy atom. The molecule has 0 aliphatic carbocycles. The molecule has 0 saturated heterocycles. The fraction of sp³-hybridized carbons (Fsp3) is 0.190. The molecule has 0 amide bonds. The van der Waals surface area contributed by atoms with Gasteiger partial charge < -0.3 is 4.74 Å². The maximum absolute atomic E-state index is 5.31. The van der Waals surface area contributed by atoms with Crippen LogP contribution in [0.1, 0.15) is 12.1 Å². The van der Waals surface area contributed by atoms with Gasteiger partial charge in [-0.2, -0.15) is 5.10 Å². The van der Waals surface area contributed by atoms with Crippen molar-refractivity contribution in [2.45, 2.75) is 19.4 Å². The van der Waals surface area contributed by atoms with Crippen molar-refractivity contribution in [2.75, 3.05) is 7.11 Å². The molecule has 26 heavy (non-hydrogen) atoms. The molecule has 0 atom stereocenters. The highest BCUT2D eigenvalue weighted by Crippen LogP contribution is 2.39. The Morgan fingerprint density at radius 1 is 1.04 bits per heavy atom. The SMILES string of the molecule is COc1cccc(-c2nn3c(c2-c2ccnc4ccccc24)CCC3)n1. The van der Waals surface area contributed by atoms with Gasteiger partial charge in [-0.25, -0.2) is 4.98 Å². The highest BCUT2D eigenvalue weighted by Gasteiger charge is 2.25. The summed E-state index contributed by atoms with van der Waals surface area (Å²) in [6.07, 6.45) is 4.03. The lowest BCUT2D eigenvalue weighted by Crippen LogP contribution is -1.95. The fourth-order valence-corrected chi connectivity index (χ4v) is 3.77. The van der Waals surface area contributed by atoms with E-state index in [9.17, 15) is 0 Å². The van der Waals surface area contributed by atoms with Gasteiger partial charge in [0.15, 0.2) is 0 Å². The quantitative estimate of drug-likeness (QED) is 0.562. The number of fused-ring (bicyclic) bond motifs is 2. The molecule has 3 aromatic heterocycles. The number of methoxy groups -OCH3 is 1. The van der Waals surface area contributed by atoms with Crippen LogP contribution in [0.3, 0.4) is 0 Å². The zero-order valence-electron chi connectivity index (χ0n) is 14.5. The van der Waals surface area contributed by atoms with Gasteiger partial charge in [0.05, 0.1) is 18.3 Å². The van der Waals surface area contributed by atoms with E-state index < -0.39 is 0 Å². The minimum absolute atomic E-state index is 0.598. The number of hydrogen-bond donors (Lipinski definition) is 0. The smallest absolute Gasteiger partial charge is 0.213 e. The zero-order chi connectivity index (χ0) is 17.5. The van der Waals surface area contributed by atoms with Crippen LogP contribution in [0.2, 0.25) is 0 Å². The number of aryl methyl sites for hydroxylation is 1. The summed E-state index contributed by atoms with van der Waals surface area (Å²) in [4.78, 5) is 9.14. The van der Waals surface area contributed by atoms with Crippen LogP contribution >= 0.6 is 0 Å². The van der Waals surface area contributed by atoms with Crippen LogP contribution in [0.25, 0.3) is 33.4 Å². The zero-order valence-corrected chi connectivity index (χ0v) is 14.5. The molecule has 0 N–H and O–H groups in total. The molecule has 0 unspecified atom stereocenters. The molecule has 1 aliphatic heterocycles. The Kier molecular flexibility index (Phi) is 3.45. The largest absolute Gasteiger partial charge is 0.481 e. The molecule has 5 nitrogen and oxygen atoms in total. The predicted molar refractivity (Wildman–Crippen MR) is 101 cm³/mol. The molecule has 1 aromatic carbocycles. The number of hydrogen-bond acceptors (Lipinski definition) is 4. The molecule has 5 heteroatoms. The van der Waals surface area contributed by atoms with Gasteiger partial charge in [-0.05, 0) is 36.6 Å².